The molecular weight excluding hydrogens is 320 g/mol. The van der Waals surface area contributed by atoms with E-state index in [1.165, 1.54) is 0 Å². The number of alkyl carbamates (subject to hydrolysis) is 1. The third kappa shape index (κ3) is 7.63. The number of nitrogens with one attached hydrogen (secondary N) is 2. The highest BCUT2D eigenvalue weighted by Gasteiger charge is 2.19. The fourth-order valence-corrected chi connectivity index (χ4v) is 2.63. The van der Waals surface area contributed by atoms with Crippen molar-refractivity contribution in [1.82, 2.24) is 10.6 Å². The van der Waals surface area contributed by atoms with Crippen LogP contribution in [0.5, 0.6) is 0 Å². The highest BCUT2D eigenvalue weighted by molar-refractivity contribution is 6.76. The topological polar surface area (TPSA) is 67.4 Å². The number of benzene rings is 1. The zero-order valence-electron chi connectivity index (χ0n) is 15.8. The number of amides is 2. The summed E-state index contributed by atoms with van der Waals surface area (Å²) in [6.45, 7) is 14.0. The molecule has 1 rings (SSSR count). The van der Waals surface area contributed by atoms with Gasteiger partial charge in [-0.2, -0.15) is 0 Å². The van der Waals surface area contributed by atoms with Crippen LogP contribution in [0.3, 0.4) is 0 Å². The van der Waals surface area contributed by atoms with Crippen molar-refractivity contribution in [2.45, 2.75) is 59.0 Å². The zero-order valence-corrected chi connectivity index (χ0v) is 16.8. The molecule has 0 fully saturated rings. The first-order chi connectivity index (χ1) is 10.9. The van der Waals surface area contributed by atoms with Crippen molar-refractivity contribution in [2.24, 2.45) is 0 Å². The lowest BCUT2D eigenvalue weighted by molar-refractivity contribution is 0.0507. The van der Waals surface area contributed by atoms with Crippen LogP contribution in [-0.4, -0.2) is 31.8 Å². The van der Waals surface area contributed by atoms with Gasteiger partial charge < -0.3 is 15.4 Å². The van der Waals surface area contributed by atoms with E-state index in [1.54, 1.807) is 12.1 Å². The molecule has 0 radical (unpaired) electrons. The Morgan fingerprint density at radius 3 is 2.12 bits per heavy atom. The van der Waals surface area contributed by atoms with Gasteiger partial charge in [-0.3, -0.25) is 4.79 Å². The predicted octanol–water partition coefficient (Wildman–Crippen LogP) is 3.88. The SMILES string of the molecule is C[C@H](NC(=O)OC(C)(C)C)c1ccc(C(=O)NC[Si](C)(C)C)cc1. The minimum Gasteiger partial charge on any atom is -0.444 e. The molecule has 2 amide bonds. The van der Waals surface area contributed by atoms with E-state index in [4.69, 9.17) is 4.74 Å². The molecule has 0 saturated carbocycles. The van der Waals surface area contributed by atoms with Crippen molar-refractivity contribution in [3.8, 4) is 0 Å². The molecule has 24 heavy (non-hydrogen) atoms. The molecule has 0 unspecified atom stereocenters. The van der Waals surface area contributed by atoms with Crippen molar-refractivity contribution in [3.05, 3.63) is 35.4 Å². The van der Waals surface area contributed by atoms with Gasteiger partial charge >= 0.3 is 6.09 Å². The highest BCUT2D eigenvalue weighted by atomic mass is 28.3. The van der Waals surface area contributed by atoms with Gasteiger partial charge in [-0.25, -0.2) is 4.79 Å². The van der Waals surface area contributed by atoms with Gasteiger partial charge in [-0.05, 0) is 45.4 Å². The predicted molar refractivity (Wildman–Crippen MR) is 99.9 cm³/mol. The maximum Gasteiger partial charge on any atom is 0.408 e. The maximum atomic E-state index is 12.1. The summed E-state index contributed by atoms with van der Waals surface area (Å²) in [5.74, 6) is -0.0586. The van der Waals surface area contributed by atoms with Crippen molar-refractivity contribution in [1.29, 1.82) is 0 Å². The molecule has 0 saturated heterocycles. The molecule has 2 N–H and O–H groups in total. The normalized spacial score (nSPS) is 13.1. The second kappa shape index (κ2) is 7.83. The van der Waals surface area contributed by atoms with Crippen LogP contribution in [0, 0.1) is 0 Å². The van der Waals surface area contributed by atoms with Gasteiger partial charge in [0.25, 0.3) is 5.91 Å². The van der Waals surface area contributed by atoms with Gasteiger partial charge in [-0.1, -0.05) is 31.8 Å². The molecule has 0 heterocycles. The zero-order chi connectivity index (χ0) is 18.5. The van der Waals surface area contributed by atoms with Crippen LogP contribution < -0.4 is 10.6 Å². The Morgan fingerprint density at radius 1 is 1.12 bits per heavy atom. The highest BCUT2D eigenvalue weighted by Crippen LogP contribution is 2.15. The minimum atomic E-state index is -1.31. The Balaban J connectivity index is 2.63. The third-order valence-electron chi connectivity index (χ3n) is 3.19. The molecule has 0 aliphatic rings. The van der Waals surface area contributed by atoms with Crippen LogP contribution in [-0.2, 0) is 4.74 Å². The van der Waals surface area contributed by atoms with Crippen LogP contribution >= 0.6 is 0 Å². The molecule has 0 aliphatic heterocycles. The largest absolute Gasteiger partial charge is 0.444 e. The number of carbonyl (C=O) groups excluding carboxylic acids is 2. The molecule has 1 aromatic carbocycles. The molecule has 0 aromatic heterocycles. The lowest BCUT2D eigenvalue weighted by Crippen LogP contribution is -2.39. The van der Waals surface area contributed by atoms with Crippen LogP contribution in [0.2, 0.25) is 19.6 Å². The lowest BCUT2D eigenvalue weighted by Gasteiger charge is -2.22. The van der Waals surface area contributed by atoms with Gasteiger partial charge in [0.1, 0.15) is 5.60 Å². The molecular formula is C18H30N2O3Si. The molecule has 0 aliphatic carbocycles. The van der Waals surface area contributed by atoms with E-state index in [1.807, 2.05) is 39.8 Å². The summed E-state index contributed by atoms with van der Waals surface area (Å²) in [6.07, 6.45) is 0.302. The van der Waals surface area contributed by atoms with E-state index in [9.17, 15) is 9.59 Å². The average Bonchev–Trinajstić information content (AvgIpc) is 2.42. The standard InChI is InChI=1S/C18H30N2O3Si/c1-13(20-17(22)23-18(2,3)4)14-8-10-15(11-9-14)16(21)19-12-24(5,6)7/h8-11,13H,12H2,1-7H3,(H,19,21)(H,20,22)/t13-/m0/s1. The fraction of sp³-hybridized carbons (Fsp3) is 0.556. The number of ether oxygens (including phenoxy) is 1. The van der Waals surface area contributed by atoms with Gasteiger partial charge in [0.15, 0.2) is 0 Å². The van der Waals surface area contributed by atoms with Crippen LogP contribution in [0.4, 0.5) is 4.79 Å². The minimum absolute atomic E-state index is 0.0586. The lowest BCUT2D eigenvalue weighted by atomic mass is 10.1. The van der Waals surface area contributed by atoms with E-state index < -0.39 is 19.8 Å². The number of hydrogen-bond acceptors (Lipinski definition) is 3. The molecule has 6 heteroatoms. The monoisotopic (exact) mass is 350 g/mol. The van der Waals surface area contributed by atoms with E-state index >= 15 is 0 Å². The van der Waals surface area contributed by atoms with Crippen molar-refractivity contribution in [3.63, 3.8) is 0 Å². The summed E-state index contributed by atoms with van der Waals surface area (Å²) in [6, 6.07) is 7.07. The molecule has 1 aromatic rings. The van der Waals surface area contributed by atoms with E-state index in [0.717, 1.165) is 11.7 Å². The summed E-state index contributed by atoms with van der Waals surface area (Å²) in [7, 11) is -1.31. The molecule has 1 atom stereocenters. The first-order valence-corrected chi connectivity index (χ1v) is 12.0. The van der Waals surface area contributed by atoms with Crippen LogP contribution in [0.1, 0.15) is 49.7 Å². The average molecular weight is 351 g/mol. The molecule has 0 bridgehead atoms. The van der Waals surface area contributed by atoms with Gasteiger partial charge in [0.2, 0.25) is 0 Å². The summed E-state index contributed by atoms with van der Waals surface area (Å²) in [4.78, 5) is 23.9. The summed E-state index contributed by atoms with van der Waals surface area (Å²) in [5, 5.41) is 5.77. The van der Waals surface area contributed by atoms with E-state index in [0.29, 0.717) is 5.56 Å². The second-order valence-corrected chi connectivity index (χ2v) is 13.7. The van der Waals surface area contributed by atoms with Crippen LogP contribution in [0.25, 0.3) is 0 Å². The van der Waals surface area contributed by atoms with E-state index in [2.05, 4.69) is 30.3 Å². The Morgan fingerprint density at radius 2 is 1.67 bits per heavy atom. The van der Waals surface area contributed by atoms with Gasteiger partial charge in [0, 0.05) is 11.7 Å². The second-order valence-electron chi connectivity index (χ2n) is 8.23. The fourth-order valence-electron chi connectivity index (χ4n) is 1.94. The molecule has 0 spiro atoms. The van der Waals surface area contributed by atoms with E-state index in [-0.39, 0.29) is 11.9 Å². The first-order valence-electron chi connectivity index (χ1n) is 8.25. The van der Waals surface area contributed by atoms with Crippen LogP contribution in [0.15, 0.2) is 24.3 Å². The van der Waals surface area contributed by atoms with Gasteiger partial charge in [-0.15, -0.1) is 0 Å². The Bertz CT molecular complexity index is 571. The molecule has 5 nitrogen and oxygen atoms in total. The van der Waals surface area contributed by atoms with Gasteiger partial charge in [0.05, 0.1) is 14.1 Å². The Labute approximate surface area is 146 Å². The van der Waals surface area contributed by atoms with Crippen molar-refractivity contribution < 1.29 is 14.3 Å². The summed E-state index contributed by atoms with van der Waals surface area (Å²) in [5.41, 5.74) is 1.02. The maximum absolute atomic E-state index is 12.1. The number of hydrogen-bond donors (Lipinski definition) is 2. The van der Waals surface area contributed by atoms with Crippen molar-refractivity contribution >= 4 is 20.1 Å². The third-order valence-corrected chi connectivity index (χ3v) is 4.42. The number of carbonyl (C=O) groups is 2. The Kier molecular flexibility index (Phi) is 6.60. The number of rotatable bonds is 5. The quantitative estimate of drug-likeness (QED) is 0.792. The Hall–Kier alpha value is -1.82. The molecule has 134 valence electrons. The first kappa shape index (κ1) is 20.2. The summed E-state index contributed by atoms with van der Waals surface area (Å²) < 4.78 is 5.25. The summed E-state index contributed by atoms with van der Waals surface area (Å²) >= 11 is 0. The smallest absolute Gasteiger partial charge is 0.408 e. The van der Waals surface area contributed by atoms with Crippen molar-refractivity contribution in [2.75, 3.05) is 6.17 Å².